The van der Waals surface area contributed by atoms with E-state index in [2.05, 4.69) is 5.32 Å². The van der Waals surface area contributed by atoms with Crippen LogP contribution in [0.1, 0.15) is 26.7 Å². The summed E-state index contributed by atoms with van der Waals surface area (Å²) in [5.41, 5.74) is 0. The van der Waals surface area contributed by atoms with Gasteiger partial charge in [0.25, 0.3) is 0 Å². The normalized spacial score (nSPS) is 16.9. The summed E-state index contributed by atoms with van der Waals surface area (Å²) in [7, 11) is 0. The number of aliphatic carboxylic acids is 1. The van der Waals surface area contributed by atoms with E-state index in [1.54, 1.807) is 13.8 Å². The summed E-state index contributed by atoms with van der Waals surface area (Å²) in [5.74, 6) is -0.999. The van der Waals surface area contributed by atoms with Crippen LogP contribution in [0.3, 0.4) is 0 Å². The van der Waals surface area contributed by atoms with Crippen molar-refractivity contribution in [2.75, 3.05) is 19.8 Å². The van der Waals surface area contributed by atoms with Crippen molar-refractivity contribution in [1.29, 1.82) is 0 Å². The number of hydrogen-bond acceptors (Lipinski definition) is 3. The molecule has 6 heteroatoms. The molecule has 0 aromatic carbocycles. The average molecular weight is 244 g/mol. The number of ether oxygens (including phenoxy) is 1. The topological polar surface area (TPSA) is 78.9 Å². The molecule has 6 nitrogen and oxygen atoms in total. The average Bonchev–Trinajstić information content (AvgIpc) is 2.26. The van der Waals surface area contributed by atoms with Crippen LogP contribution < -0.4 is 5.32 Å². The van der Waals surface area contributed by atoms with Gasteiger partial charge in [-0.05, 0) is 26.7 Å². The molecule has 17 heavy (non-hydrogen) atoms. The summed E-state index contributed by atoms with van der Waals surface area (Å²) in [6, 6.07) is -0.355. The summed E-state index contributed by atoms with van der Waals surface area (Å²) in [5, 5.41) is 11.6. The molecule has 2 N–H and O–H groups in total. The highest BCUT2D eigenvalue weighted by molar-refractivity contribution is 5.80. The van der Waals surface area contributed by atoms with Crippen LogP contribution in [0.15, 0.2) is 0 Å². The van der Waals surface area contributed by atoms with E-state index in [9.17, 15) is 9.59 Å². The number of nitrogens with zero attached hydrogens (tertiary/aromatic N) is 1. The van der Waals surface area contributed by atoms with E-state index in [1.165, 1.54) is 4.90 Å². The summed E-state index contributed by atoms with van der Waals surface area (Å²) in [6.45, 7) is 4.61. The Hall–Kier alpha value is -1.30. The maximum absolute atomic E-state index is 11.9. The molecule has 98 valence electrons. The number of hydrogen-bond donors (Lipinski definition) is 2. The van der Waals surface area contributed by atoms with E-state index in [0.717, 1.165) is 12.8 Å². The van der Waals surface area contributed by atoms with Crippen molar-refractivity contribution in [3.63, 3.8) is 0 Å². The Morgan fingerprint density at radius 2 is 2.00 bits per heavy atom. The van der Waals surface area contributed by atoms with E-state index in [1.807, 2.05) is 0 Å². The van der Waals surface area contributed by atoms with Crippen LogP contribution in [0.2, 0.25) is 0 Å². The lowest BCUT2D eigenvalue weighted by Crippen LogP contribution is -2.50. The standard InChI is InChI=1S/C11H20N2O4/c1-8(2)13(7-10(14)15)11(16)12-9-3-5-17-6-4-9/h8-9H,3-7H2,1-2H3,(H,12,16)(H,14,15). The Morgan fingerprint density at radius 1 is 1.41 bits per heavy atom. The third kappa shape index (κ3) is 4.60. The van der Waals surface area contributed by atoms with Gasteiger partial charge in [0.2, 0.25) is 0 Å². The van der Waals surface area contributed by atoms with Crippen LogP contribution in [0.25, 0.3) is 0 Å². The molecule has 0 aromatic heterocycles. The summed E-state index contributed by atoms with van der Waals surface area (Å²) >= 11 is 0. The van der Waals surface area contributed by atoms with Crippen LogP contribution in [0, 0.1) is 0 Å². The van der Waals surface area contributed by atoms with E-state index in [-0.39, 0.29) is 24.7 Å². The Balaban J connectivity index is 2.49. The van der Waals surface area contributed by atoms with E-state index in [0.29, 0.717) is 13.2 Å². The summed E-state index contributed by atoms with van der Waals surface area (Å²) in [6.07, 6.45) is 1.56. The minimum Gasteiger partial charge on any atom is -0.480 e. The highest BCUT2D eigenvalue weighted by Gasteiger charge is 2.23. The van der Waals surface area contributed by atoms with Crippen molar-refractivity contribution >= 4 is 12.0 Å². The van der Waals surface area contributed by atoms with Gasteiger partial charge in [-0.2, -0.15) is 0 Å². The summed E-state index contributed by atoms with van der Waals surface area (Å²) in [4.78, 5) is 23.9. The zero-order valence-corrected chi connectivity index (χ0v) is 10.3. The number of carboxylic acids is 1. The first-order valence-electron chi connectivity index (χ1n) is 5.87. The lowest BCUT2D eigenvalue weighted by molar-refractivity contribution is -0.138. The second kappa shape index (κ2) is 6.44. The molecule has 1 rings (SSSR count). The number of rotatable bonds is 4. The number of carbonyl (C=O) groups is 2. The first-order chi connectivity index (χ1) is 8.00. The molecule has 0 unspecified atom stereocenters. The van der Waals surface area contributed by atoms with Crippen molar-refractivity contribution in [1.82, 2.24) is 10.2 Å². The Kier molecular flexibility index (Phi) is 5.21. The maximum atomic E-state index is 11.9. The predicted octanol–water partition coefficient (Wildman–Crippen LogP) is 0.670. The molecule has 1 fully saturated rings. The van der Waals surface area contributed by atoms with Gasteiger partial charge in [0.05, 0.1) is 0 Å². The maximum Gasteiger partial charge on any atom is 0.323 e. The van der Waals surface area contributed by atoms with Gasteiger partial charge in [-0.25, -0.2) is 4.79 Å². The Labute approximate surface area is 101 Å². The lowest BCUT2D eigenvalue weighted by Gasteiger charge is -2.29. The molecule has 0 aromatic rings. The van der Waals surface area contributed by atoms with Crippen molar-refractivity contribution in [3.05, 3.63) is 0 Å². The zero-order valence-electron chi connectivity index (χ0n) is 10.3. The van der Waals surface area contributed by atoms with Gasteiger partial charge in [-0.15, -0.1) is 0 Å². The van der Waals surface area contributed by atoms with E-state index in [4.69, 9.17) is 9.84 Å². The number of carbonyl (C=O) groups excluding carboxylic acids is 1. The van der Waals surface area contributed by atoms with Gasteiger partial charge in [0.1, 0.15) is 6.54 Å². The largest absolute Gasteiger partial charge is 0.480 e. The highest BCUT2D eigenvalue weighted by atomic mass is 16.5. The van der Waals surface area contributed by atoms with Crippen LogP contribution in [0.5, 0.6) is 0 Å². The molecule has 2 amide bonds. The molecule has 0 radical (unpaired) electrons. The molecule has 0 saturated carbocycles. The third-order valence-electron chi connectivity index (χ3n) is 2.74. The van der Waals surface area contributed by atoms with Gasteiger partial charge in [-0.1, -0.05) is 0 Å². The Bertz CT molecular complexity index is 275. The SMILES string of the molecule is CC(C)N(CC(=O)O)C(=O)NC1CCOCC1. The monoisotopic (exact) mass is 244 g/mol. The number of carboxylic acid groups (broad SMARTS) is 1. The molecular formula is C11H20N2O4. The van der Waals surface area contributed by atoms with Crippen molar-refractivity contribution in [2.24, 2.45) is 0 Å². The Morgan fingerprint density at radius 3 is 2.47 bits per heavy atom. The first-order valence-corrected chi connectivity index (χ1v) is 5.87. The second-order valence-electron chi connectivity index (χ2n) is 4.45. The fourth-order valence-electron chi connectivity index (χ4n) is 1.73. The quantitative estimate of drug-likeness (QED) is 0.762. The van der Waals surface area contributed by atoms with Crippen LogP contribution in [-0.4, -0.2) is 53.8 Å². The molecule has 1 saturated heterocycles. The van der Waals surface area contributed by atoms with Gasteiger partial charge < -0.3 is 20.1 Å². The smallest absolute Gasteiger partial charge is 0.323 e. The van der Waals surface area contributed by atoms with Crippen LogP contribution in [0.4, 0.5) is 4.79 Å². The van der Waals surface area contributed by atoms with Crippen molar-refractivity contribution < 1.29 is 19.4 Å². The minimum absolute atomic E-state index is 0.0892. The minimum atomic E-state index is -0.999. The first kappa shape index (κ1) is 13.8. The predicted molar refractivity (Wildman–Crippen MR) is 61.9 cm³/mol. The summed E-state index contributed by atoms with van der Waals surface area (Å²) < 4.78 is 5.19. The van der Waals surface area contributed by atoms with Gasteiger partial charge in [-0.3, -0.25) is 4.79 Å². The number of nitrogens with one attached hydrogen (secondary N) is 1. The van der Waals surface area contributed by atoms with Gasteiger partial charge >= 0.3 is 12.0 Å². The molecule has 1 heterocycles. The molecule has 0 bridgehead atoms. The molecule has 1 aliphatic rings. The molecule has 1 aliphatic heterocycles. The van der Waals surface area contributed by atoms with E-state index >= 15 is 0 Å². The fraction of sp³-hybridized carbons (Fsp3) is 0.818. The van der Waals surface area contributed by atoms with Crippen molar-refractivity contribution in [3.8, 4) is 0 Å². The van der Waals surface area contributed by atoms with Crippen LogP contribution in [-0.2, 0) is 9.53 Å². The number of amides is 2. The molecule has 0 atom stereocenters. The zero-order chi connectivity index (χ0) is 12.8. The number of urea groups is 1. The highest BCUT2D eigenvalue weighted by Crippen LogP contribution is 2.08. The second-order valence-corrected chi connectivity index (χ2v) is 4.45. The molecule has 0 aliphatic carbocycles. The van der Waals surface area contributed by atoms with Crippen molar-refractivity contribution in [2.45, 2.75) is 38.8 Å². The van der Waals surface area contributed by atoms with E-state index < -0.39 is 5.97 Å². The third-order valence-corrected chi connectivity index (χ3v) is 2.74. The fourth-order valence-corrected chi connectivity index (χ4v) is 1.73. The van der Waals surface area contributed by atoms with Gasteiger partial charge in [0, 0.05) is 25.3 Å². The molecule has 0 spiro atoms. The molecular weight excluding hydrogens is 224 g/mol. The lowest BCUT2D eigenvalue weighted by atomic mass is 10.1. The van der Waals surface area contributed by atoms with Crippen LogP contribution >= 0.6 is 0 Å². The van der Waals surface area contributed by atoms with Gasteiger partial charge in [0.15, 0.2) is 0 Å².